The molecule has 24 nitrogen and oxygen atoms in total. The Bertz CT molecular complexity index is 3830. The van der Waals surface area contributed by atoms with Crippen molar-refractivity contribution in [2.45, 2.75) is 80.0 Å². The van der Waals surface area contributed by atoms with Gasteiger partial charge in [0.2, 0.25) is 23.5 Å². The molecule has 424 valence electrons. The molecule has 80 heavy (non-hydrogen) atoms. The van der Waals surface area contributed by atoms with E-state index in [2.05, 4.69) is 71.4 Å². The average Bonchev–Trinajstić information content (AvgIpc) is 4.11. The lowest BCUT2D eigenvalue weighted by Crippen LogP contribution is -2.42. The predicted octanol–water partition coefficient (Wildman–Crippen LogP) is 5.93. The first-order valence-corrected chi connectivity index (χ1v) is 24.4. The smallest absolute Gasteiger partial charge is 0.312 e. The number of nitrogens with zero attached hydrogens (tertiary/aromatic N) is 13. The molecule has 3 N–H and O–H groups in total. The van der Waals surface area contributed by atoms with Gasteiger partial charge in [-0.2, -0.15) is 26.3 Å². The van der Waals surface area contributed by atoms with Crippen LogP contribution in [0.3, 0.4) is 0 Å². The highest BCUT2D eigenvalue weighted by Crippen LogP contribution is 2.29. The number of carbonyl (C=O) groups excluding carboxylic acids is 4. The molecule has 8 aromatic heterocycles. The number of nitrogens with one attached hydrogen (secondary N) is 3. The second-order valence-electron chi connectivity index (χ2n) is 17.8. The number of hydrogen-bond acceptors (Lipinski definition) is 16. The lowest BCUT2D eigenvalue weighted by Gasteiger charge is -2.15. The van der Waals surface area contributed by atoms with Gasteiger partial charge in [0.25, 0.3) is 11.1 Å². The molecule has 0 aromatic carbocycles. The van der Waals surface area contributed by atoms with Gasteiger partial charge in [-0.3, -0.25) is 47.5 Å². The van der Waals surface area contributed by atoms with Gasteiger partial charge in [0, 0.05) is 61.8 Å². The minimum atomic E-state index is -4.69. The summed E-state index contributed by atoms with van der Waals surface area (Å²) in [5.41, 5.74) is -1.75. The summed E-state index contributed by atoms with van der Waals surface area (Å²) in [5, 5.41) is 5.67. The Morgan fingerprint density at radius 3 is 1.41 bits per heavy atom. The topological polar surface area (TPSA) is 304 Å². The number of halogens is 7. The monoisotopic (exact) mass is 1180 g/mol. The fourth-order valence-corrected chi connectivity index (χ4v) is 7.57. The number of imidazole rings is 2. The molecule has 0 fully saturated rings. The van der Waals surface area contributed by atoms with Gasteiger partial charge in [0.15, 0.2) is 28.1 Å². The second kappa shape index (κ2) is 25.3. The third-order valence-corrected chi connectivity index (χ3v) is 12.2. The van der Waals surface area contributed by atoms with Gasteiger partial charge in [-0.25, -0.2) is 49.5 Å². The summed E-state index contributed by atoms with van der Waals surface area (Å²) in [4.78, 5) is 131. The fourth-order valence-electron chi connectivity index (χ4n) is 6.92. The van der Waals surface area contributed by atoms with E-state index in [1.807, 2.05) is 13.8 Å². The normalized spacial score (nSPS) is 12.2. The van der Waals surface area contributed by atoms with Crippen LogP contribution >= 0.6 is 15.9 Å². The molecule has 0 radical (unpaired) electrons. The summed E-state index contributed by atoms with van der Waals surface area (Å²) in [7, 11) is 2.84. The van der Waals surface area contributed by atoms with Crippen LogP contribution in [0.1, 0.15) is 72.7 Å². The largest absolute Gasteiger partial charge is 0.451 e. The lowest BCUT2D eigenvalue weighted by atomic mass is 10.1. The van der Waals surface area contributed by atoms with E-state index in [9.17, 15) is 64.7 Å². The molecular formula is C49H51BrF6N16O8. The zero-order valence-corrected chi connectivity index (χ0v) is 44.5. The molecule has 8 heterocycles. The van der Waals surface area contributed by atoms with Gasteiger partial charge >= 0.3 is 23.7 Å². The molecular weight excluding hydrogens is 1130 g/mol. The van der Waals surface area contributed by atoms with E-state index in [1.165, 1.54) is 80.1 Å². The molecule has 0 saturated carbocycles. The number of amides is 2. The SMILES string of the molecule is C.CC(C)C(=O)CBr.CC(C)C(=O)Cn1c(=O)c2c(ncn2[C@@H](C)C(=O)Nc2cccc(-c3cnc(C(F)(F)F)nc3)n2)n(C)c1=O.C[C@@H](C(=O)Nc1cccc(-c2cnc(C(F)(F)F)nc2)n1)n1cnc2c1c(=O)[nH]c(=O)n2C. The van der Waals surface area contributed by atoms with E-state index in [1.54, 1.807) is 19.9 Å². The molecule has 8 rings (SSSR count). The number of anilines is 2. The average molecular weight is 1190 g/mol. The third kappa shape index (κ3) is 14.0. The van der Waals surface area contributed by atoms with Crippen molar-refractivity contribution in [3.8, 4) is 22.5 Å². The van der Waals surface area contributed by atoms with Crippen LogP contribution in [0.2, 0.25) is 0 Å². The van der Waals surface area contributed by atoms with Crippen molar-refractivity contribution in [1.82, 2.24) is 67.7 Å². The Hall–Kier alpha value is -8.90. The highest BCUT2D eigenvalue weighted by Gasteiger charge is 2.35. The van der Waals surface area contributed by atoms with Gasteiger partial charge in [0.05, 0.1) is 35.9 Å². The number of pyridine rings is 2. The number of hydrogen-bond donors (Lipinski definition) is 3. The number of alkyl halides is 7. The summed E-state index contributed by atoms with van der Waals surface area (Å²) < 4.78 is 81.9. The van der Waals surface area contributed by atoms with E-state index < -0.39 is 82.9 Å². The quantitative estimate of drug-likeness (QED) is 0.0890. The van der Waals surface area contributed by atoms with Gasteiger partial charge in [-0.1, -0.05) is 63.2 Å². The van der Waals surface area contributed by atoms with Crippen molar-refractivity contribution in [2.75, 3.05) is 16.0 Å². The van der Waals surface area contributed by atoms with Crippen LogP contribution in [0.15, 0.2) is 93.0 Å². The third-order valence-electron chi connectivity index (χ3n) is 11.6. The second-order valence-corrected chi connectivity index (χ2v) is 18.4. The van der Waals surface area contributed by atoms with E-state index in [0.717, 1.165) is 38.5 Å². The Morgan fingerprint density at radius 2 is 1.02 bits per heavy atom. The standard InChI is InChI=1S/C24H23F3N8O4.C19H15F3N8O3.C5H9BrO.CH4/c1-12(2)16(36)10-34-21(38)18-19(33(4)23(34)39)30-11-35(18)13(3)20(37)32-17-7-5-6-15(31-17)14-8-28-22(29-9-14)24(25,26)27;1-9(30-8-25-14-13(30)16(32)28-18(33)29(14)2)15(31)27-12-5-3-4-11(26-12)10-6-23-17(24-7-10)19(20,21)22;1-4(2)5(7)3-6;/h5-9,11-13H,10H2,1-4H3,(H,31,32,37);3-9H,1-2H3,(H,26,27,31)(H,28,32,33);4H,3H2,1-2H3;1H4/t13-;9-;;/m00../s1. The maximum Gasteiger partial charge on any atom is 0.451 e. The highest BCUT2D eigenvalue weighted by molar-refractivity contribution is 9.09. The van der Waals surface area contributed by atoms with Gasteiger partial charge in [-0.15, -0.1) is 0 Å². The summed E-state index contributed by atoms with van der Waals surface area (Å²) in [5.74, 6) is -3.77. The van der Waals surface area contributed by atoms with Crippen LogP contribution in [0, 0.1) is 11.8 Å². The van der Waals surface area contributed by atoms with Crippen LogP contribution < -0.4 is 33.1 Å². The zero-order chi connectivity index (χ0) is 58.4. The summed E-state index contributed by atoms with van der Waals surface area (Å²) in [6.07, 6.45) is -2.91. The van der Waals surface area contributed by atoms with Crippen molar-refractivity contribution in [3.05, 3.63) is 127 Å². The van der Waals surface area contributed by atoms with Crippen molar-refractivity contribution in [1.29, 1.82) is 0 Å². The number of fused-ring (bicyclic) bond motifs is 2. The van der Waals surface area contributed by atoms with Crippen LogP contribution in [0.4, 0.5) is 38.0 Å². The van der Waals surface area contributed by atoms with Crippen LogP contribution in [0.5, 0.6) is 0 Å². The number of carbonyl (C=O) groups is 4. The highest BCUT2D eigenvalue weighted by atomic mass is 79.9. The van der Waals surface area contributed by atoms with E-state index in [-0.39, 0.29) is 81.4 Å². The molecule has 0 unspecified atom stereocenters. The molecule has 0 aliphatic heterocycles. The Balaban J connectivity index is 0.000000262. The number of ketones is 2. The maximum atomic E-state index is 13.2. The lowest BCUT2D eigenvalue weighted by molar-refractivity contribution is -0.145. The summed E-state index contributed by atoms with van der Waals surface area (Å²) >= 11 is 3.07. The van der Waals surface area contributed by atoms with Crippen molar-refractivity contribution >= 4 is 73.3 Å². The van der Waals surface area contributed by atoms with Crippen LogP contribution in [-0.4, -0.2) is 96.4 Å². The predicted molar refractivity (Wildman–Crippen MR) is 282 cm³/mol. The number of aryl methyl sites for hydroxylation is 2. The molecule has 2 atom stereocenters. The number of rotatable bonds is 13. The molecule has 0 bridgehead atoms. The fraction of sp³-hybridized carbons (Fsp3) is 0.347. The number of Topliss-reactive ketones (excluding diaryl/α,β-unsaturated/α-hetero) is 2. The zero-order valence-electron chi connectivity index (χ0n) is 42.9. The van der Waals surface area contributed by atoms with Gasteiger partial charge in [-0.05, 0) is 38.1 Å². The van der Waals surface area contributed by atoms with Crippen molar-refractivity contribution in [3.63, 3.8) is 0 Å². The first-order valence-electron chi connectivity index (χ1n) is 23.3. The number of aromatic amines is 1. The van der Waals surface area contributed by atoms with E-state index in [4.69, 9.17) is 0 Å². The minimum Gasteiger partial charge on any atom is -0.312 e. The van der Waals surface area contributed by atoms with Crippen molar-refractivity contribution < 1.29 is 45.5 Å². The number of aromatic nitrogens is 14. The summed E-state index contributed by atoms with van der Waals surface area (Å²) in [6, 6.07) is 7.16. The molecule has 0 aliphatic rings. The first-order chi connectivity index (χ1) is 37.0. The Morgan fingerprint density at radius 1 is 0.613 bits per heavy atom. The molecule has 0 aliphatic carbocycles. The van der Waals surface area contributed by atoms with E-state index in [0.29, 0.717) is 5.33 Å². The van der Waals surface area contributed by atoms with Crippen LogP contribution in [0.25, 0.3) is 44.8 Å². The molecule has 2 amide bonds. The molecule has 0 saturated heterocycles. The van der Waals surface area contributed by atoms with E-state index >= 15 is 0 Å². The first kappa shape index (κ1) is 61.9. The molecule has 8 aromatic rings. The summed E-state index contributed by atoms with van der Waals surface area (Å²) in [6.45, 7) is 9.69. The minimum absolute atomic E-state index is 0. The Labute approximate surface area is 456 Å². The number of H-pyrrole nitrogens is 1. The molecule has 0 spiro atoms. The van der Waals surface area contributed by atoms with Gasteiger partial charge in [0.1, 0.15) is 29.5 Å². The Kier molecular flexibility index (Phi) is 19.6. The van der Waals surface area contributed by atoms with Gasteiger partial charge < -0.3 is 19.8 Å². The van der Waals surface area contributed by atoms with Crippen molar-refractivity contribution in [2.24, 2.45) is 25.9 Å². The van der Waals surface area contributed by atoms with Crippen LogP contribution in [-0.2, 0) is 52.2 Å². The maximum absolute atomic E-state index is 13.2. The molecule has 31 heteroatoms.